The summed E-state index contributed by atoms with van der Waals surface area (Å²) in [5, 5.41) is 0. The number of esters is 1. The minimum atomic E-state index is -1.11. The molecule has 0 bridgehead atoms. The largest absolute Gasteiger partial charge is 0.420 e. The number of hydrogen-bond acceptors (Lipinski definition) is 2. The highest BCUT2D eigenvalue weighted by molar-refractivity contribution is 5.91. The van der Waals surface area contributed by atoms with Crippen LogP contribution in [-0.2, 0) is 12.8 Å². The molecule has 0 spiro atoms. The molecule has 2 nitrogen and oxygen atoms in total. The predicted octanol–water partition coefficient (Wildman–Crippen LogP) is 9.10. The van der Waals surface area contributed by atoms with E-state index >= 15 is 0 Å². The maximum absolute atomic E-state index is 14.5. The fourth-order valence-corrected chi connectivity index (χ4v) is 4.16. The van der Waals surface area contributed by atoms with Crippen molar-refractivity contribution in [2.75, 3.05) is 0 Å². The highest BCUT2D eigenvalue weighted by Crippen LogP contribution is 2.26. The van der Waals surface area contributed by atoms with Crippen molar-refractivity contribution >= 4 is 5.97 Å². The van der Waals surface area contributed by atoms with Gasteiger partial charge in [-0.2, -0.15) is 4.39 Å². The van der Waals surface area contributed by atoms with Crippen LogP contribution in [0.1, 0.15) is 86.7 Å². The van der Waals surface area contributed by atoms with Crippen LogP contribution in [0.3, 0.4) is 0 Å². The van der Waals surface area contributed by atoms with E-state index in [0.29, 0.717) is 12.0 Å². The zero-order chi connectivity index (χ0) is 25.0. The van der Waals surface area contributed by atoms with Crippen molar-refractivity contribution in [2.24, 2.45) is 0 Å². The number of benzene rings is 3. The summed E-state index contributed by atoms with van der Waals surface area (Å²) >= 11 is 0. The lowest BCUT2D eigenvalue weighted by Crippen LogP contribution is -2.10. The third-order valence-electron chi connectivity index (χ3n) is 6.36. The van der Waals surface area contributed by atoms with Crippen molar-refractivity contribution in [1.82, 2.24) is 0 Å². The molecule has 0 heterocycles. The molecule has 0 amide bonds. The lowest BCUT2D eigenvalue weighted by molar-refractivity contribution is 0.0726. The van der Waals surface area contributed by atoms with Crippen molar-refractivity contribution in [1.29, 1.82) is 0 Å². The minimum absolute atomic E-state index is 0.282. The van der Waals surface area contributed by atoms with Gasteiger partial charge in [0.25, 0.3) is 0 Å². The molecule has 0 unspecified atom stereocenters. The van der Waals surface area contributed by atoms with Crippen molar-refractivity contribution in [3.8, 4) is 16.9 Å². The summed E-state index contributed by atoms with van der Waals surface area (Å²) in [5.74, 6) is -3.14. The number of aryl methyl sites for hydroxylation is 2. The average molecular weight is 479 g/mol. The number of carbonyl (C=O) groups is 1. The first-order valence-corrected chi connectivity index (χ1v) is 12.9. The summed E-state index contributed by atoms with van der Waals surface area (Å²) in [6.45, 7) is 4.33. The maximum Gasteiger partial charge on any atom is 0.343 e. The molecule has 3 aromatic rings. The van der Waals surface area contributed by atoms with Gasteiger partial charge in [0.05, 0.1) is 5.56 Å². The second-order valence-electron chi connectivity index (χ2n) is 9.14. The Morgan fingerprint density at radius 1 is 0.657 bits per heavy atom. The molecule has 0 atom stereocenters. The highest BCUT2D eigenvalue weighted by Gasteiger charge is 2.18. The van der Waals surface area contributed by atoms with Gasteiger partial charge in [-0.05, 0) is 66.1 Å². The number of unbranched alkanes of at least 4 members (excludes halogenated alkanes) is 6. The van der Waals surface area contributed by atoms with Crippen molar-refractivity contribution in [3.05, 3.63) is 89.0 Å². The fraction of sp³-hybridized carbons (Fsp3) is 0.387. The Morgan fingerprint density at radius 3 is 1.89 bits per heavy atom. The summed E-state index contributed by atoms with van der Waals surface area (Å²) in [6, 6.07) is 18.2. The monoisotopic (exact) mass is 478 g/mol. The molecule has 3 rings (SSSR count). The normalized spacial score (nSPS) is 11.0. The lowest BCUT2D eigenvalue weighted by Gasteiger charge is -2.10. The third-order valence-corrected chi connectivity index (χ3v) is 6.36. The van der Waals surface area contributed by atoms with E-state index in [0.717, 1.165) is 49.7 Å². The Labute approximate surface area is 208 Å². The van der Waals surface area contributed by atoms with E-state index in [1.165, 1.54) is 37.0 Å². The number of rotatable bonds is 13. The summed E-state index contributed by atoms with van der Waals surface area (Å²) in [5.41, 5.74) is 3.95. The zero-order valence-corrected chi connectivity index (χ0v) is 20.9. The molecule has 0 saturated carbocycles. The Morgan fingerprint density at radius 2 is 1.23 bits per heavy atom. The second-order valence-corrected chi connectivity index (χ2v) is 9.14. The zero-order valence-electron chi connectivity index (χ0n) is 20.9. The van der Waals surface area contributed by atoms with Crippen LogP contribution in [-0.4, -0.2) is 5.97 Å². The Hall–Kier alpha value is -3.01. The van der Waals surface area contributed by atoms with E-state index in [2.05, 4.69) is 38.1 Å². The van der Waals surface area contributed by atoms with E-state index in [9.17, 15) is 13.6 Å². The van der Waals surface area contributed by atoms with Gasteiger partial charge in [-0.1, -0.05) is 94.8 Å². The Bertz CT molecular complexity index is 1070. The molecule has 0 N–H and O–H groups in total. The van der Waals surface area contributed by atoms with E-state index in [1.807, 2.05) is 12.1 Å². The van der Waals surface area contributed by atoms with Gasteiger partial charge in [0.1, 0.15) is 0 Å². The number of carbonyl (C=O) groups excluding carboxylic acids is 1. The molecule has 0 aromatic heterocycles. The van der Waals surface area contributed by atoms with Gasteiger partial charge in [0.2, 0.25) is 5.82 Å². The standard InChI is InChI=1S/C31H36F2O2/c1-3-5-7-8-10-12-26-21-22-28(30(33)29(26)32)35-31(34)27-19-17-25(18-20-27)24-15-13-23(14-16-24)11-9-6-4-2/h13-22H,3-12H2,1-2H3. The van der Waals surface area contributed by atoms with Crippen LogP contribution in [0.5, 0.6) is 5.75 Å². The molecule has 35 heavy (non-hydrogen) atoms. The van der Waals surface area contributed by atoms with Gasteiger partial charge in [-0.3, -0.25) is 0 Å². The maximum atomic E-state index is 14.5. The van der Waals surface area contributed by atoms with Crippen LogP contribution in [0.15, 0.2) is 60.7 Å². The van der Waals surface area contributed by atoms with Crippen molar-refractivity contribution in [3.63, 3.8) is 0 Å². The topological polar surface area (TPSA) is 26.3 Å². The molecule has 3 aromatic carbocycles. The van der Waals surface area contributed by atoms with Crippen LogP contribution >= 0.6 is 0 Å². The fourth-order valence-electron chi connectivity index (χ4n) is 4.16. The average Bonchev–Trinajstić information content (AvgIpc) is 2.88. The van der Waals surface area contributed by atoms with Crippen molar-refractivity contribution in [2.45, 2.75) is 78.1 Å². The molecule has 4 heteroatoms. The van der Waals surface area contributed by atoms with Crippen LogP contribution in [0.4, 0.5) is 8.78 Å². The van der Waals surface area contributed by atoms with E-state index in [-0.39, 0.29) is 11.3 Å². The number of halogens is 2. The number of hydrogen-bond donors (Lipinski definition) is 0. The summed E-state index contributed by atoms with van der Waals surface area (Å²) in [7, 11) is 0. The summed E-state index contributed by atoms with van der Waals surface area (Å²) in [4.78, 5) is 12.5. The lowest BCUT2D eigenvalue weighted by atomic mass is 10.0. The quantitative estimate of drug-likeness (QED) is 0.139. The van der Waals surface area contributed by atoms with Gasteiger partial charge < -0.3 is 4.74 Å². The smallest absolute Gasteiger partial charge is 0.343 e. The minimum Gasteiger partial charge on any atom is -0.420 e. The van der Waals surface area contributed by atoms with Crippen LogP contribution < -0.4 is 4.74 Å². The van der Waals surface area contributed by atoms with Gasteiger partial charge in [-0.15, -0.1) is 0 Å². The first kappa shape index (κ1) is 26.6. The summed E-state index contributed by atoms with van der Waals surface area (Å²) in [6.07, 6.45) is 10.4. The van der Waals surface area contributed by atoms with Crippen LogP contribution in [0.2, 0.25) is 0 Å². The Balaban J connectivity index is 1.59. The first-order valence-electron chi connectivity index (χ1n) is 12.9. The first-order chi connectivity index (χ1) is 17.0. The predicted molar refractivity (Wildman–Crippen MR) is 139 cm³/mol. The molecular formula is C31H36F2O2. The Kier molecular flexibility index (Phi) is 10.5. The van der Waals surface area contributed by atoms with E-state index in [1.54, 1.807) is 12.1 Å². The van der Waals surface area contributed by atoms with Crippen molar-refractivity contribution < 1.29 is 18.3 Å². The summed E-state index contributed by atoms with van der Waals surface area (Å²) < 4.78 is 34.2. The van der Waals surface area contributed by atoms with E-state index in [4.69, 9.17) is 4.74 Å². The molecule has 0 fully saturated rings. The molecular weight excluding hydrogens is 442 g/mol. The van der Waals surface area contributed by atoms with Gasteiger partial charge >= 0.3 is 5.97 Å². The molecule has 186 valence electrons. The van der Waals surface area contributed by atoms with Crippen LogP contribution in [0.25, 0.3) is 11.1 Å². The molecule has 0 radical (unpaired) electrons. The highest BCUT2D eigenvalue weighted by atomic mass is 19.2. The van der Waals surface area contributed by atoms with Gasteiger partial charge in [0.15, 0.2) is 11.6 Å². The molecule has 0 aliphatic rings. The molecule has 0 saturated heterocycles. The van der Waals surface area contributed by atoms with Gasteiger partial charge in [-0.25, -0.2) is 9.18 Å². The third kappa shape index (κ3) is 7.74. The van der Waals surface area contributed by atoms with E-state index < -0.39 is 17.6 Å². The molecule has 0 aliphatic heterocycles. The van der Waals surface area contributed by atoms with Gasteiger partial charge in [0, 0.05) is 0 Å². The SMILES string of the molecule is CCCCCCCc1ccc(OC(=O)c2ccc(-c3ccc(CCCCC)cc3)cc2)c(F)c1F. The molecule has 0 aliphatic carbocycles. The second kappa shape index (κ2) is 13.8. The number of ether oxygens (including phenoxy) is 1. The van der Waals surface area contributed by atoms with Crippen LogP contribution in [0, 0.1) is 11.6 Å².